The van der Waals surface area contributed by atoms with Gasteiger partial charge in [-0.15, -0.1) is 0 Å². The largest absolute Gasteiger partial charge is 0.481 e. The maximum Gasteiger partial charge on any atom is 0.300 e. The van der Waals surface area contributed by atoms with E-state index in [1.165, 1.54) is 5.56 Å². The summed E-state index contributed by atoms with van der Waals surface area (Å²) in [5, 5.41) is 8.46. The van der Waals surface area contributed by atoms with Crippen molar-refractivity contribution in [3.05, 3.63) is 125 Å². The Morgan fingerprint density at radius 1 is 0.881 bits per heavy atom. The standard InChI is InChI=1S/C33H30N4O.C2H4O2/c34-19-9-10-20-37-29-16-8-7-15-26(29)31(30(37)21-23-11-3-1-4-12-23)32-33(38)36-28-22-25(17-18-27(28)35-32)24-13-5-2-6-14-24;1-2(3)4/h1-8,11-18,22H,9-10,19-21,34H2,(H,36,38);1H3,(H,3,4). The molecule has 6 aromatic rings. The molecule has 7 heteroatoms. The van der Waals surface area contributed by atoms with Gasteiger partial charge in [-0.3, -0.25) is 9.59 Å². The van der Waals surface area contributed by atoms with Crippen LogP contribution in [0.25, 0.3) is 44.3 Å². The van der Waals surface area contributed by atoms with E-state index in [0.717, 1.165) is 70.6 Å². The lowest BCUT2D eigenvalue weighted by molar-refractivity contribution is -0.134. The third-order valence-electron chi connectivity index (χ3n) is 7.16. The molecule has 0 aliphatic carbocycles. The molecule has 0 aliphatic rings. The monoisotopic (exact) mass is 558 g/mol. The summed E-state index contributed by atoms with van der Waals surface area (Å²) < 4.78 is 2.36. The van der Waals surface area contributed by atoms with E-state index in [-0.39, 0.29) is 5.56 Å². The summed E-state index contributed by atoms with van der Waals surface area (Å²) in [4.78, 5) is 30.8. The van der Waals surface area contributed by atoms with Crippen LogP contribution in [0, 0.1) is 0 Å². The number of hydrogen-bond donors (Lipinski definition) is 3. The summed E-state index contributed by atoms with van der Waals surface area (Å²) in [6.45, 7) is 2.59. The van der Waals surface area contributed by atoms with Crippen molar-refractivity contribution >= 4 is 27.9 Å². The lowest BCUT2D eigenvalue weighted by Gasteiger charge is -2.13. The number of fused-ring (bicyclic) bond motifs is 2. The van der Waals surface area contributed by atoms with Gasteiger partial charge in [0.15, 0.2) is 0 Å². The van der Waals surface area contributed by atoms with Crippen molar-refractivity contribution < 1.29 is 9.90 Å². The molecule has 2 aromatic heterocycles. The van der Waals surface area contributed by atoms with Gasteiger partial charge in [-0.25, -0.2) is 4.98 Å². The average molecular weight is 559 g/mol. The number of aryl methyl sites for hydroxylation is 1. The number of carboxylic acids is 1. The van der Waals surface area contributed by atoms with E-state index in [1.807, 2.05) is 42.5 Å². The Bertz CT molecular complexity index is 1870. The number of aliphatic carboxylic acids is 1. The van der Waals surface area contributed by atoms with Crippen molar-refractivity contribution in [1.29, 1.82) is 0 Å². The van der Waals surface area contributed by atoms with Gasteiger partial charge in [0.05, 0.1) is 11.0 Å². The van der Waals surface area contributed by atoms with E-state index in [1.54, 1.807) is 0 Å². The van der Waals surface area contributed by atoms with E-state index < -0.39 is 5.97 Å². The molecule has 0 saturated heterocycles. The minimum atomic E-state index is -0.833. The fraction of sp³-hybridized carbons (Fsp3) is 0.171. The van der Waals surface area contributed by atoms with Gasteiger partial charge in [0.2, 0.25) is 0 Å². The molecule has 0 atom stereocenters. The van der Waals surface area contributed by atoms with E-state index in [4.69, 9.17) is 20.6 Å². The first-order valence-corrected chi connectivity index (χ1v) is 14.1. The van der Waals surface area contributed by atoms with Crippen LogP contribution in [0.3, 0.4) is 0 Å². The Kier molecular flexibility index (Phi) is 8.90. The first kappa shape index (κ1) is 28.5. The lowest BCUT2D eigenvalue weighted by atomic mass is 10.0. The smallest absolute Gasteiger partial charge is 0.300 e. The van der Waals surface area contributed by atoms with Crippen LogP contribution in [0.15, 0.2) is 108 Å². The number of benzene rings is 4. The molecular weight excluding hydrogens is 524 g/mol. The second-order valence-electron chi connectivity index (χ2n) is 10.2. The predicted octanol–water partition coefficient (Wildman–Crippen LogP) is 6.63. The number of nitrogens with one attached hydrogen (secondary N) is 1. The van der Waals surface area contributed by atoms with Crippen LogP contribution in [-0.2, 0) is 17.8 Å². The molecule has 0 radical (unpaired) electrons. The summed E-state index contributed by atoms with van der Waals surface area (Å²) in [7, 11) is 0. The highest BCUT2D eigenvalue weighted by Gasteiger charge is 2.22. The van der Waals surface area contributed by atoms with E-state index in [9.17, 15) is 4.79 Å². The van der Waals surface area contributed by atoms with E-state index in [2.05, 4.69) is 70.2 Å². The lowest BCUT2D eigenvalue weighted by Crippen LogP contribution is -2.13. The van der Waals surface area contributed by atoms with Gasteiger partial charge < -0.3 is 20.4 Å². The fourth-order valence-corrected chi connectivity index (χ4v) is 5.33. The van der Waals surface area contributed by atoms with Crippen molar-refractivity contribution in [3.63, 3.8) is 0 Å². The van der Waals surface area contributed by atoms with Gasteiger partial charge in [0, 0.05) is 42.0 Å². The van der Waals surface area contributed by atoms with Crippen molar-refractivity contribution in [1.82, 2.24) is 14.5 Å². The maximum absolute atomic E-state index is 13.7. The fourth-order valence-electron chi connectivity index (χ4n) is 5.33. The topological polar surface area (TPSA) is 114 Å². The van der Waals surface area contributed by atoms with Gasteiger partial charge >= 0.3 is 0 Å². The SMILES string of the molecule is CC(=O)O.NCCCCn1c(Cc2ccccc2)c(-c2nc3ccc(-c4ccccc4)cc3[nH]c2=O)c2ccccc21. The number of unbranched alkanes of at least 4 members (excludes halogenated alkanes) is 1. The normalized spacial score (nSPS) is 10.9. The molecule has 0 spiro atoms. The zero-order valence-electron chi connectivity index (χ0n) is 23.6. The summed E-state index contributed by atoms with van der Waals surface area (Å²) in [5.74, 6) is -0.833. The summed E-state index contributed by atoms with van der Waals surface area (Å²) in [5.41, 5.74) is 14.1. The molecule has 0 unspecified atom stereocenters. The third-order valence-corrected chi connectivity index (χ3v) is 7.16. The van der Waals surface area contributed by atoms with E-state index in [0.29, 0.717) is 18.7 Å². The number of nitrogens with two attached hydrogens (primary N) is 1. The molecule has 4 N–H and O–H groups in total. The number of aromatic nitrogens is 3. The molecule has 42 heavy (non-hydrogen) atoms. The first-order chi connectivity index (χ1) is 20.5. The average Bonchev–Trinajstić information content (AvgIpc) is 3.30. The number of H-pyrrole nitrogens is 1. The highest BCUT2D eigenvalue weighted by atomic mass is 16.4. The molecule has 6 rings (SSSR count). The number of para-hydroxylation sites is 1. The van der Waals surface area contributed by atoms with Crippen LogP contribution in [0.4, 0.5) is 0 Å². The van der Waals surface area contributed by atoms with Gasteiger partial charge in [0.1, 0.15) is 5.69 Å². The Morgan fingerprint density at radius 2 is 1.55 bits per heavy atom. The molecule has 212 valence electrons. The van der Waals surface area contributed by atoms with Crippen molar-refractivity contribution in [2.75, 3.05) is 6.54 Å². The van der Waals surface area contributed by atoms with Crippen LogP contribution < -0.4 is 11.3 Å². The second-order valence-corrected chi connectivity index (χ2v) is 10.2. The zero-order chi connectivity index (χ0) is 29.5. The van der Waals surface area contributed by atoms with Gasteiger partial charge in [-0.05, 0) is 54.3 Å². The molecular formula is C35H34N4O3. The van der Waals surface area contributed by atoms with Crippen molar-refractivity contribution in [2.24, 2.45) is 5.73 Å². The summed E-state index contributed by atoms with van der Waals surface area (Å²) in [6, 6.07) is 35.0. The molecule has 0 aliphatic heterocycles. The number of nitrogens with zero attached hydrogens (tertiary/aromatic N) is 2. The number of hydrogen-bond acceptors (Lipinski definition) is 4. The quantitative estimate of drug-likeness (QED) is 0.181. The number of rotatable bonds is 8. The van der Waals surface area contributed by atoms with Crippen LogP contribution in [0.1, 0.15) is 31.0 Å². The second kappa shape index (κ2) is 13.1. The third kappa shape index (κ3) is 6.32. The highest BCUT2D eigenvalue weighted by Crippen LogP contribution is 2.35. The maximum atomic E-state index is 13.7. The first-order valence-electron chi connectivity index (χ1n) is 14.1. The Labute approximate surface area is 244 Å². The minimum Gasteiger partial charge on any atom is -0.481 e. The predicted molar refractivity (Wildman–Crippen MR) is 170 cm³/mol. The Hall–Kier alpha value is -5.01. The highest BCUT2D eigenvalue weighted by molar-refractivity contribution is 5.98. The number of carboxylic acid groups (broad SMARTS) is 1. The van der Waals surface area contributed by atoms with Crippen LogP contribution >= 0.6 is 0 Å². The van der Waals surface area contributed by atoms with Crippen molar-refractivity contribution in [3.8, 4) is 22.4 Å². The Balaban J connectivity index is 0.000000830. The molecule has 7 nitrogen and oxygen atoms in total. The van der Waals surface area contributed by atoms with Gasteiger partial charge in [0.25, 0.3) is 11.5 Å². The van der Waals surface area contributed by atoms with Gasteiger partial charge in [-0.2, -0.15) is 0 Å². The molecule has 2 heterocycles. The van der Waals surface area contributed by atoms with Crippen LogP contribution in [0.2, 0.25) is 0 Å². The number of aromatic amines is 1. The Morgan fingerprint density at radius 3 is 2.26 bits per heavy atom. The molecule has 0 bridgehead atoms. The zero-order valence-corrected chi connectivity index (χ0v) is 23.6. The van der Waals surface area contributed by atoms with E-state index >= 15 is 0 Å². The van der Waals surface area contributed by atoms with Gasteiger partial charge in [-0.1, -0.05) is 84.9 Å². The summed E-state index contributed by atoms with van der Waals surface area (Å²) in [6.07, 6.45) is 2.63. The number of carbonyl (C=O) groups is 1. The molecule has 0 saturated carbocycles. The van der Waals surface area contributed by atoms with Crippen molar-refractivity contribution in [2.45, 2.75) is 32.7 Å². The van der Waals surface area contributed by atoms with Crippen LogP contribution in [0.5, 0.6) is 0 Å². The van der Waals surface area contributed by atoms with Crippen LogP contribution in [-0.4, -0.2) is 32.2 Å². The molecule has 0 fully saturated rings. The minimum absolute atomic E-state index is 0.179. The molecule has 4 aromatic carbocycles. The summed E-state index contributed by atoms with van der Waals surface area (Å²) >= 11 is 0. The molecule has 0 amide bonds.